The van der Waals surface area contributed by atoms with Gasteiger partial charge in [-0.3, -0.25) is 9.59 Å². The van der Waals surface area contributed by atoms with Crippen molar-refractivity contribution in [1.82, 2.24) is 15.0 Å². The number of aryl methyl sites for hydroxylation is 4. The predicted molar refractivity (Wildman–Crippen MR) is 121 cm³/mol. The molecular weight excluding hydrogens is 425 g/mol. The Labute approximate surface area is 189 Å². The van der Waals surface area contributed by atoms with Gasteiger partial charge in [-0.25, -0.2) is 4.39 Å². The fourth-order valence-electron chi connectivity index (χ4n) is 3.43. The highest BCUT2D eigenvalue weighted by Gasteiger charge is 2.19. The third kappa shape index (κ3) is 4.52. The third-order valence-electron chi connectivity index (χ3n) is 5.14. The van der Waals surface area contributed by atoms with Crippen LogP contribution in [0.4, 0.5) is 15.8 Å². The summed E-state index contributed by atoms with van der Waals surface area (Å²) in [5, 5.41) is 13.9. The number of nitrogens with zero attached hydrogens (tertiary/aromatic N) is 3. The Kier molecular flexibility index (Phi) is 5.78. The zero-order valence-electron chi connectivity index (χ0n) is 18.6. The Bertz CT molecular complexity index is 1370. The van der Waals surface area contributed by atoms with Crippen molar-refractivity contribution in [2.45, 2.75) is 27.7 Å². The Morgan fingerprint density at radius 1 is 0.939 bits per heavy atom. The summed E-state index contributed by atoms with van der Waals surface area (Å²) in [6.45, 7) is 7.26. The number of anilines is 2. The van der Waals surface area contributed by atoms with E-state index in [1.165, 1.54) is 29.3 Å². The molecule has 9 heteroatoms. The number of hydrogen-bond acceptors (Lipinski definition) is 5. The average Bonchev–Trinajstić information content (AvgIpc) is 3.36. The van der Waals surface area contributed by atoms with Crippen molar-refractivity contribution in [1.29, 1.82) is 0 Å². The number of furan rings is 1. The van der Waals surface area contributed by atoms with E-state index in [4.69, 9.17) is 4.42 Å². The number of nitrogens with one attached hydrogen (secondary N) is 2. The van der Waals surface area contributed by atoms with Gasteiger partial charge in [0.1, 0.15) is 11.6 Å². The van der Waals surface area contributed by atoms with E-state index in [2.05, 4.69) is 20.8 Å². The summed E-state index contributed by atoms with van der Waals surface area (Å²) in [7, 11) is 0. The van der Waals surface area contributed by atoms with Crippen LogP contribution >= 0.6 is 0 Å². The van der Waals surface area contributed by atoms with Crippen molar-refractivity contribution < 1.29 is 18.4 Å². The van der Waals surface area contributed by atoms with Crippen LogP contribution in [0.2, 0.25) is 0 Å². The highest BCUT2D eigenvalue weighted by Crippen LogP contribution is 2.22. The first-order chi connectivity index (χ1) is 15.7. The molecule has 168 valence electrons. The van der Waals surface area contributed by atoms with Crippen LogP contribution in [-0.2, 0) is 0 Å². The summed E-state index contributed by atoms with van der Waals surface area (Å²) in [5.41, 5.74) is 3.95. The Balaban J connectivity index is 1.54. The minimum atomic E-state index is -0.639. The van der Waals surface area contributed by atoms with Gasteiger partial charge < -0.3 is 15.1 Å². The Hall–Kier alpha value is -4.27. The SMILES string of the molecule is Cc1ccc(-n2nc(C)c(C(=O)Nc3ccc(F)c(NC(=O)c4ccoc4C)c3)n2)c(C)c1. The molecule has 2 aromatic heterocycles. The van der Waals surface area contributed by atoms with Gasteiger partial charge in [-0.1, -0.05) is 17.7 Å². The van der Waals surface area contributed by atoms with Crippen molar-refractivity contribution in [2.75, 3.05) is 10.6 Å². The normalized spacial score (nSPS) is 10.8. The van der Waals surface area contributed by atoms with Gasteiger partial charge in [-0.05, 0) is 63.6 Å². The molecule has 0 aliphatic rings. The molecule has 2 heterocycles. The molecule has 0 aliphatic heterocycles. The molecule has 0 unspecified atom stereocenters. The summed E-state index contributed by atoms with van der Waals surface area (Å²) in [4.78, 5) is 26.7. The second kappa shape index (κ2) is 8.70. The van der Waals surface area contributed by atoms with Crippen LogP contribution in [-0.4, -0.2) is 26.8 Å². The average molecular weight is 447 g/mol. The molecule has 4 aromatic rings. The summed E-state index contributed by atoms with van der Waals surface area (Å²) < 4.78 is 19.4. The van der Waals surface area contributed by atoms with Crippen molar-refractivity contribution in [3.05, 3.63) is 88.4 Å². The lowest BCUT2D eigenvalue weighted by Gasteiger charge is -2.09. The van der Waals surface area contributed by atoms with E-state index in [0.29, 0.717) is 22.7 Å². The van der Waals surface area contributed by atoms with Crippen LogP contribution < -0.4 is 10.6 Å². The van der Waals surface area contributed by atoms with Crippen LogP contribution in [0, 0.1) is 33.5 Å². The Morgan fingerprint density at radius 3 is 2.42 bits per heavy atom. The maximum Gasteiger partial charge on any atom is 0.278 e. The smallest absolute Gasteiger partial charge is 0.278 e. The third-order valence-corrected chi connectivity index (χ3v) is 5.14. The highest BCUT2D eigenvalue weighted by molar-refractivity contribution is 6.06. The van der Waals surface area contributed by atoms with E-state index >= 15 is 0 Å². The van der Waals surface area contributed by atoms with E-state index in [1.54, 1.807) is 13.8 Å². The number of aromatic nitrogens is 3. The van der Waals surface area contributed by atoms with Gasteiger partial charge in [0.05, 0.1) is 28.9 Å². The largest absolute Gasteiger partial charge is 0.469 e. The number of hydrogen-bond donors (Lipinski definition) is 2. The molecule has 0 saturated heterocycles. The molecule has 0 bridgehead atoms. The summed E-state index contributed by atoms with van der Waals surface area (Å²) in [5.74, 6) is -1.24. The molecule has 0 saturated carbocycles. The first-order valence-corrected chi connectivity index (χ1v) is 10.2. The van der Waals surface area contributed by atoms with Crippen LogP contribution in [0.3, 0.4) is 0 Å². The zero-order valence-corrected chi connectivity index (χ0v) is 18.6. The number of amides is 2. The molecule has 2 amide bonds. The number of rotatable bonds is 5. The number of carbonyl (C=O) groups excluding carboxylic acids is 2. The molecule has 4 rings (SSSR count). The number of halogens is 1. The van der Waals surface area contributed by atoms with Crippen LogP contribution in [0.25, 0.3) is 5.69 Å². The van der Waals surface area contributed by atoms with E-state index < -0.39 is 17.6 Å². The van der Waals surface area contributed by atoms with Crippen molar-refractivity contribution in [3.8, 4) is 5.69 Å². The lowest BCUT2D eigenvalue weighted by atomic mass is 10.1. The molecular formula is C24H22FN5O3. The van der Waals surface area contributed by atoms with Crippen molar-refractivity contribution >= 4 is 23.2 Å². The van der Waals surface area contributed by atoms with Gasteiger partial charge >= 0.3 is 0 Å². The molecule has 0 fully saturated rings. The molecule has 0 radical (unpaired) electrons. The minimum Gasteiger partial charge on any atom is -0.469 e. The van der Waals surface area contributed by atoms with E-state index in [1.807, 2.05) is 32.0 Å². The fourth-order valence-corrected chi connectivity index (χ4v) is 3.43. The molecule has 8 nitrogen and oxygen atoms in total. The standard InChI is InChI=1S/C24H22FN5O3/c1-13-5-8-21(14(2)11-13)30-28-15(3)22(29-30)24(32)26-17-6-7-19(25)20(12-17)27-23(31)18-9-10-33-16(18)4/h5-12H,1-4H3,(H,26,32)(H,27,31). The van der Waals surface area contributed by atoms with Gasteiger partial charge in [0.2, 0.25) is 0 Å². The van der Waals surface area contributed by atoms with Crippen molar-refractivity contribution in [2.24, 2.45) is 0 Å². The molecule has 0 atom stereocenters. The minimum absolute atomic E-state index is 0.0749. The van der Waals surface area contributed by atoms with E-state index in [0.717, 1.165) is 22.9 Å². The molecule has 0 aliphatic carbocycles. The van der Waals surface area contributed by atoms with Gasteiger partial charge in [0, 0.05) is 5.69 Å². The second-order valence-corrected chi connectivity index (χ2v) is 7.71. The first-order valence-electron chi connectivity index (χ1n) is 10.2. The summed E-state index contributed by atoms with van der Waals surface area (Å²) in [6.07, 6.45) is 1.38. The maximum atomic E-state index is 14.3. The first kappa shape index (κ1) is 21.9. The maximum absolute atomic E-state index is 14.3. The lowest BCUT2D eigenvalue weighted by Crippen LogP contribution is -2.16. The summed E-state index contributed by atoms with van der Waals surface area (Å²) in [6, 6.07) is 11.2. The second-order valence-electron chi connectivity index (χ2n) is 7.71. The van der Waals surface area contributed by atoms with Crippen LogP contribution in [0.1, 0.15) is 43.4 Å². The van der Waals surface area contributed by atoms with Crippen LogP contribution in [0.5, 0.6) is 0 Å². The molecule has 0 spiro atoms. The quantitative estimate of drug-likeness (QED) is 0.460. The van der Waals surface area contributed by atoms with E-state index in [-0.39, 0.29) is 11.4 Å². The van der Waals surface area contributed by atoms with Crippen LogP contribution in [0.15, 0.2) is 53.1 Å². The fraction of sp³-hybridized carbons (Fsp3) is 0.167. The van der Waals surface area contributed by atoms with Gasteiger partial charge in [0.15, 0.2) is 5.69 Å². The number of benzene rings is 2. The zero-order chi connectivity index (χ0) is 23.7. The van der Waals surface area contributed by atoms with Gasteiger partial charge in [-0.2, -0.15) is 9.90 Å². The highest BCUT2D eigenvalue weighted by atomic mass is 19.1. The molecule has 2 aromatic carbocycles. The predicted octanol–water partition coefficient (Wildman–Crippen LogP) is 4.74. The van der Waals surface area contributed by atoms with Gasteiger partial charge in [0.25, 0.3) is 11.8 Å². The molecule has 2 N–H and O–H groups in total. The Morgan fingerprint density at radius 2 is 1.73 bits per heavy atom. The number of carbonyl (C=O) groups is 2. The topological polar surface area (TPSA) is 102 Å². The lowest BCUT2D eigenvalue weighted by molar-refractivity contribution is 0.101. The molecule has 33 heavy (non-hydrogen) atoms. The van der Waals surface area contributed by atoms with Crippen molar-refractivity contribution in [3.63, 3.8) is 0 Å². The van der Waals surface area contributed by atoms with E-state index in [9.17, 15) is 14.0 Å². The summed E-state index contributed by atoms with van der Waals surface area (Å²) >= 11 is 0. The van der Waals surface area contributed by atoms with Gasteiger partial charge in [-0.15, -0.1) is 5.10 Å². The monoisotopic (exact) mass is 447 g/mol.